The highest BCUT2D eigenvalue weighted by atomic mass is 32.1. The van der Waals surface area contributed by atoms with Crippen molar-refractivity contribution >= 4 is 22.7 Å². The Morgan fingerprint density at radius 3 is 2.63 bits per heavy atom. The van der Waals surface area contributed by atoms with Crippen LogP contribution < -0.4 is 5.32 Å². The molecule has 104 valence electrons. The van der Waals surface area contributed by atoms with Crippen LogP contribution in [0.4, 0.5) is 0 Å². The standard InChI is InChI=1S/C15H22N2S2/c1-11-10-18-14(17-11)7-8-16-9-12-5-6-13(19-12)15(2,3)4/h5-6,10,16H,7-9H2,1-4H3. The summed E-state index contributed by atoms with van der Waals surface area (Å²) in [6, 6.07) is 4.50. The molecule has 4 heteroatoms. The molecule has 2 aromatic rings. The smallest absolute Gasteiger partial charge is 0.0940 e. The lowest BCUT2D eigenvalue weighted by Crippen LogP contribution is -2.15. The van der Waals surface area contributed by atoms with Crippen LogP contribution in [-0.2, 0) is 18.4 Å². The van der Waals surface area contributed by atoms with Gasteiger partial charge in [0.1, 0.15) is 0 Å². The van der Waals surface area contributed by atoms with Crippen molar-refractivity contribution in [1.82, 2.24) is 10.3 Å². The van der Waals surface area contributed by atoms with Gasteiger partial charge in [-0.15, -0.1) is 22.7 Å². The quantitative estimate of drug-likeness (QED) is 0.838. The Hall–Kier alpha value is -0.710. The summed E-state index contributed by atoms with van der Waals surface area (Å²) < 4.78 is 0. The molecule has 19 heavy (non-hydrogen) atoms. The molecule has 0 spiro atoms. The van der Waals surface area contributed by atoms with Crippen molar-refractivity contribution in [3.05, 3.63) is 38.0 Å². The molecule has 0 bridgehead atoms. The first-order valence-electron chi connectivity index (χ1n) is 6.66. The van der Waals surface area contributed by atoms with Gasteiger partial charge in [-0.05, 0) is 24.5 Å². The van der Waals surface area contributed by atoms with Gasteiger partial charge in [-0.1, -0.05) is 20.8 Å². The van der Waals surface area contributed by atoms with E-state index in [-0.39, 0.29) is 5.41 Å². The number of rotatable bonds is 5. The molecule has 0 saturated carbocycles. The van der Waals surface area contributed by atoms with Crippen LogP contribution in [0.15, 0.2) is 17.5 Å². The van der Waals surface area contributed by atoms with Crippen molar-refractivity contribution < 1.29 is 0 Å². The summed E-state index contributed by atoms with van der Waals surface area (Å²) in [5.74, 6) is 0. The van der Waals surface area contributed by atoms with E-state index in [9.17, 15) is 0 Å². The summed E-state index contributed by atoms with van der Waals surface area (Å²) in [7, 11) is 0. The van der Waals surface area contributed by atoms with Crippen molar-refractivity contribution in [2.45, 2.75) is 46.1 Å². The lowest BCUT2D eigenvalue weighted by atomic mass is 9.95. The molecule has 0 aliphatic heterocycles. The van der Waals surface area contributed by atoms with Crippen molar-refractivity contribution in [2.75, 3.05) is 6.54 Å². The predicted molar refractivity (Wildman–Crippen MR) is 85.3 cm³/mol. The van der Waals surface area contributed by atoms with Crippen LogP contribution in [0.25, 0.3) is 0 Å². The maximum absolute atomic E-state index is 4.47. The van der Waals surface area contributed by atoms with Gasteiger partial charge in [0.25, 0.3) is 0 Å². The molecule has 1 N–H and O–H groups in total. The van der Waals surface area contributed by atoms with Gasteiger partial charge in [0, 0.05) is 40.3 Å². The number of thiazole rings is 1. The second-order valence-corrected chi connectivity index (χ2v) is 7.94. The lowest BCUT2D eigenvalue weighted by Gasteiger charge is -2.15. The Morgan fingerprint density at radius 2 is 2.05 bits per heavy atom. The van der Waals surface area contributed by atoms with Crippen LogP contribution in [-0.4, -0.2) is 11.5 Å². The van der Waals surface area contributed by atoms with E-state index in [0.29, 0.717) is 0 Å². The number of hydrogen-bond acceptors (Lipinski definition) is 4. The summed E-state index contributed by atoms with van der Waals surface area (Å²) in [4.78, 5) is 7.35. The third-order valence-electron chi connectivity index (χ3n) is 2.88. The molecule has 2 heterocycles. The molecule has 0 aliphatic carbocycles. The largest absolute Gasteiger partial charge is 0.311 e. The number of hydrogen-bond donors (Lipinski definition) is 1. The first-order chi connectivity index (χ1) is 8.95. The highest BCUT2D eigenvalue weighted by molar-refractivity contribution is 7.12. The van der Waals surface area contributed by atoms with Gasteiger partial charge in [-0.2, -0.15) is 0 Å². The molecular weight excluding hydrogens is 272 g/mol. The van der Waals surface area contributed by atoms with Gasteiger partial charge in [-0.3, -0.25) is 0 Å². The monoisotopic (exact) mass is 294 g/mol. The molecule has 2 nitrogen and oxygen atoms in total. The molecule has 0 aromatic carbocycles. The minimum absolute atomic E-state index is 0.265. The molecule has 0 radical (unpaired) electrons. The number of nitrogens with zero attached hydrogens (tertiary/aromatic N) is 1. The molecule has 2 aromatic heterocycles. The van der Waals surface area contributed by atoms with E-state index in [2.05, 4.69) is 48.6 Å². The average Bonchev–Trinajstić information content (AvgIpc) is 2.93. The van der Waals surface area contributed by atoms with Crippen molar-refractivity contribution in [3.63, 3.8) is 0 Å². The molecule has 2 rings (SSSR count). The van der Waals surface area contributed by atoms with E-state index in [1.54, 1.807) is 11.3 Å². The van der Waals surface area contributed by atoms with Crippen LogP contribution in [0.2, 0.25) is 0 Å². The van der Waals surface area contributed by atoms with Gasteiger partial charge in [0.05, 0.1) is 5.01 Å². The van der Waals surface area contributed by atoms with Crippen molar-refractivity contribution in [3.8, 4) is 0 Å². The molecule has 0 saturated heterocycles. The number of nitrogens with one attached hydrogen (secondary N) is 1. The Balaban J connectivity index is 1.75. The van der Waals surface area contributed by atoms with E-state index in [1.807, 2.05) is 18.3 Å². The zero-order valence-electron chi connectivity index (χ0n) is 12.1. The Morgan fingerprint density at radius 1 is 1.26 bits per heavy atom. The van der Waals surface area contributed by atoms with Crippen LogP contribution in [0.3, 0.4) is 0 Å². The third-order valence-corrected chi connectivity index (χ3v) is 5.42. The minimum atomic E-state index is 0.265. The Bertz CT molecular complexity index is 520. The summed E-state index contributed by atoms with van der Waals surface area (Å²) >= 11 is 3.67. The fourth-order valence-corrected chi connectivity index (χ4v) is 3.61. The van der Waals surface area contributed by atoms with Crippen LogP contribution >= 0.6 is 22.7 Å². The zero-order valence-corrected chi connectivity index (χ0v) is 13.8. The Kier molecular flexibility index (Phi) is 4.76. The first kappa shape index (κ1) is 14.7. The fourth-order valence-electron chi connectivity index (χ4n) is 1.80. The molecule has 0 aliphatic rings. The third kappa shape index (κ3) is 4.41. The van der Waals surface area contributed by atoms with Gasteiger partial charge in [-0.25, -0.2) is 4.98 Å². The van der Waals surface area contributed by atoms with E-state index in [0.717, 1.165) is 25.2 Å². The average molecular weight is 294 g/mol. The van der Waals surface area contributed by atoms with Crippen LogP contribution in [0, 0.1) is 6.92 Å². The summed E-state index contributed by atoms with van der Waals surface area (Å²) in [5, 5.41) is 6.84. The number of thiophene rings is 1. The van der Waals surface area contributed by atoms with E-state index < -0.39 is 0 Å². The van der Waals surface area contributed by atoms with Gasteiger partial charge in [0.15, 0.2) is 0 Å². The van der Waals surface area contributed by atoms with Gasteiger partial charge in [0.2, 0.25) is 0 Å². The van der Waals surface area contributed by atoms with Gasteiger partial charge < -0.3 is 5.32 Å². The second-order valence-electron chi connectivity index (χ2n) is 5.83. The van der Waals surface area contributed by atoms with Crippen molar-refractivity contribution in [1.29, 1.82) is 0 Å². The van der Waals surface area contributed by atoms with Gasteiger partial charge >= 0.3 is 0 Å². The van der Waals surface area contributed by atoms with Crippen LogP contribution in [0.1, 0.15) is 41.2 Å². The molecule has 0 atom stereocenters. The van der Waals surface area contributed by atoms with E-state index >= 15 is 0 Å². The van der Waals surface area contributed by atoms with E-state index in [1.165, 1.54) is 14.8 Å². The Labute approximate surface area is 123 Å². The zero-order chi connectivity index (χ0) is 13.9. The fraction of sp³-hybridized carbons (Fsp3) is 0.533. The SMILES string of the molecule is Cc1csc(CCNCc2ccc(C(C)(C)C)s2)n1. The molecular formula is C15H22N2S2. The lowest BCUT2D eigenvalue weighted by molar-refractivity contribution is 0.604. The predicted octanol–water partition coefficient (Wildman–Crippen LogP) is 4.14. The normalized spacial score (nSPS) is 12.0. The minimum Gasteiger partial charge on any atom is -0.311 e. The van der Waals surface area contributed by atoms with Crippen LogP contribution in [0.5, 0.6) is 0 Å². The summed E-state index contributed by atoms with van der Waals surface area (Å²) in [6.45, 7) is 10.8. The first-order valence-corrected chi connectivity index (χ1v) is 8.36. The van der Waals surface area contributed by atoms with E-state index in [4.69, 9.17) is 0 Å². The topological polar surface area (TPSA) is 24.9 Å². The highest BCUT2D eigenvalue weighted by Gasteiger charge is 2.15. The molecule has 0 fully saturated rings. The summed E-state index contributed by atoms with van der Waals surface area (Å²) in [6.07, 6.45) is 1.02. The number of aryl methyl sites for hydroxylation is 1. The molecule has 0 amide bonds. The maximum Gasteiger partial charge on any atom is 0.0940 e. The highest BCUT2D eigenvalue weighted by Crippen LogP contribution is 2.29. The summed E-state index contributed by atoms with van der Waals surface area (Å²) in [5.41, 5.74) is 1.40. The number of aromatic nitrogens is 1. The van der Waals surface area contributed by atoms with Crippen molar-refractivity contribution in [2.24, 2.45) is 0 Å². The second kappa shape index (κ2) is 6.16. The maximum atomic E-state index is 4.47. The molecule has 0 unspecified atom stereocenters.